The van der Waals surface area contributed by atoms with Crippen LogP contribution in [0.3, 0.4) is 0 Å². The molecule has 1 heterocycles. The molecular formula is C19H26O6. The van der Waals surface area contributed by atoms with E-state index in [0.29, 0.717) is 18.4 Å². The van der Waals surface area contributed by atoms with Gasteiger partial charge in [0, 0.05) is 5.56 Å². The minimum Gasteiger partial charge on any atom is -0.394 e. The van der Waals surface area contributed by atoms with Crippen molar-refractivity contribution in [3.05, 3.63) is 35.9 Å². The molecule has 1 aliphatic heterocycles. The van der Waals surface area contributed by atoms with Crippen molar-refractivity contribution in [1.29, 1.82) is 0 Å². The monoisotopic (exact) mass is 350 g/mol. The van der Waals surface area contributed by atoms with Crippen molar-refractivity contribution in [2.45, 2.75) is 63.0 Å². The fraction of sp³-hybridized carbons (Fsp3) is 0.579. The molecule has 0 unspecified atom stereocenters. The predicted octanol–water partition coefficient (Wildman–Crippen LogP) is 0.413. The van der Waals surface area contributed by atoms with Crippen molar-refractivity contribution < 1.29 is 29.9 Å². The molecule has 138 valence electrons. The highest BCUT2D eigenvalue weighted by molar-refractivity contribution is 5.37. The quantitative estimate of drug-likeness (QED) is 0.574. The average Bonchev–Trinajstić information content (AvgIpc) is 2.65. The van der Waals surface area contributed by atoms with Crippen LogP contribution in [-0.2, 0) is 9.47 Å². The van der Waals surface area contributed by atoms with Gasteiger partial charge in [0.1, 0.15) is 18.3 Å². The van der Waals surface area contributed by atoms with Crippen molar-refractivity contribution in [3.63, 3.8) is 0 Å². The number of hydrogen-bond donors (Lipinski definition) is 4. The van der Waals surface area contributed by atoms with E-state index in [1.807, 2.05) is 19.9 Å². The first-order valence-corrected chi connectivity index (χ1v) is 8.54. The van der Waals surface area contributed by atoms with Gasteiger partial charge >= 0.3 is 0 Å². The van der Waals surface area contributed by atoms with E-state index in [-0.39, 0.29) is 6.10 Å². The molecular weight excluding hydrogens is 324 g/mol. The molecule has 0 aliphatic carbocycles. The van der Waals surface area contributed by atoms with Crippen LogP contribution in [0.1, 0.15) is 32.3 Å². The van der Waals surface area contributed by atoms with Gasteiger partial charge in [0.2, 0.25) is 11.9 Å². The highest BCUT2D eigenvalue weighted by Crippen LogP contribution is 2.32. The molecule has 6 heteroatoms. The van der Waals surface area contributed by atoms with Gasteiger partial charge in [-0.15, -0.1) is 0 Å². The fourth-order valence-corrected chi connectivity index (χ4v) is 2.72. The van der Waals surface area contributed by atoms with Gasteiger partial charge in [-0.25, -0.2) is 0 Å². The minimum absolute atomic E-state index is 0.211. The number of benzene rings is 1. The summed E-state index contributed by atoms with van der Waals surface area (Å²) in [5.41, 5.74) is -1.48. The van der Waals surface area contributed by atoms with E-state index in [0.717, 1.165) is 0 Å². The van der Waals surface area contributed by atoms with Gasteiger partial charge in [0.05, 0.1) is 12.7 Å². The molecule has 0 aromatic heterocycles. The van der Waals surface area contributed by atoms with Gasteiger partial charge in [-0.2, -0.15) is 0 Å². The normalized spacial score (nSPS) is 32.3. The third-order valence-electron chi connectivity index (χ3n) is 4.40. The summed E-state index contributed by atoms with van der Waals surface area (Å²) in [5, 5.41) is 40.9. The molecule has 1 aromatic carbocycles. The number of aliphatic hydroxyl groups excluding tert-OH is 3. The lowest BCUT2D eigenvalue weighted by Gasteiger charge is -2.45. The van der Waals surface area contributed by atoms with Crippen LogP contribution in [0.15, 0.2) is 30.3 Å². The number of aliphatic hydroxyl groups is 4. The van der Waals surface area contributed by atoms with Gasteiger partial charge in [-0.05, 0) is 25.0 Å². The third-order valence-corrected chi connectivity index (χ3v) is 4.40. The highest BCUT2D eigenvalue weighted by Gasteiger charge is 2.55. The molecule has 1 fully saturated rings. The summed E-state index contributed by atoms with van der Waals surface area (Å²) in [6, 6.07) is 8.96. The first kappa shape index (κ1) is 19.9. The Morgan fingerprint density at radius 3 is 2.40 bits per heavy atom. The van der Waals surface area contributed by atoms with Crippen molar-refractivity contribution in [2.75, 3.05) is 6.61 Å². The summed E-state index contributed by atoms with van der Waals surface area (Å²) in [5.74, 6) is 5.39. The van der Waals surface area contributed by atoms with Crippen molar-refractivity contribution in [3.8, 4) is 11.8 Å². The second kappa shape index (κ2) is 8.77. The van der Waals surface area contributed by atoms with E-state index in [1.165, 1.54) is 0 Å². The molecule has 5 atom stereocenters. The van der Waals surface area contributed by atoms with Gasteiger partial charge in [0.25, 0.3) is 0 Å². The van der Waals surface area contributed by atoms with Gasteiger partial charge in [-0.1, -0.05) is 43.9 Å². The molecule has 4 N–H and O–H groups in total. The van der Waals surface area contributed by atoms with E-state index >= 15 is 0 Å². The molecule has 0 spiro atoms. The maximum atomic E-state index is 11.0. The molecule has 0 radical (unpaired) electrons. The van der Waals surface area contributed by atoms with Crippen LogP contribution in [0.2, 0.25) is 0 Å². The van der Waals surface area contributed by atoms with Crippen LogP contribution >= 0.6 is 0 Å². The second-order valence-electron chi connectivity index (χ2n) is 6.14. The zero-order valence-corrected chi connectivity index (χ0v) is 14.5. The summed E-state index contributed by atoms with van der Waals surface area (Å²) in [7, 11) is 0. The Morgan fingerprint density at radius 1 is 1.20 bits per heavy atom. The lowest BCUT2D eigenvalue weighted by Crippen LogP contribution is -2.67. The lowest BCUT2D eigenvalue weighted by atomic mass is 9.86. The molecule has 25 heavy (non-hydrogen) atoms. The van der Waals surface area contributed by atoms with Crippen LogP contribution in [-0.4, -0.2) is 63.3 Å². The number of rotatable bonds is 5. The molecule has 0 bridgehead atoms. The second-order valence-corrected chi connectivity index (χ2v) is 6.14. The molecule has 6 nitrogen and oxygen atoms in total. The predicted molar refractivity (Wildman–Crippen MR) is 91.5 cm³/mol. The fourth-order valence-electron chi connectivity index (χ4n) is 2.72. The molecule has 2 rings (SSSR count). The summed E-state index contributed by atoms with van der Waals surface area (Å²) < 4.78 is 11.3. The van der Waals surface area contributed by atoms with Crippen LogP contribution in [0, 0.1) is 11.8 Å². The SMILES string of the molecule is CCC(CC)O[C@H]1O[C@H](CO)[C@@H](O)[C@H](O)[C@@]1(O)C#Cc1ccccc1. The molecule has 1 saturated heterocycles. The Hall–Kier alpha value is -1.46. The van der Waals surface area contributed by atoms with Crippen molar-refractivity contribution >= 4 is 0 Å². The average molecular weight is 350 g/mol. The van der Waals surface area contributed by atoms with Crippen LogP contribution in [0.5, 0.6) is 0 Å². The van der Waals surface area contributed by atoms with E-state index in [1.54, 1.807) is 24.3 Å². The first-order chi connectivity index (χ1) is 12.0. The number of ether oxygens (including phenoxy) is 2. The zero-order chi connectivity index (χ0) is 18.4. The zero-order valence-electron chi connectivity index (χ0n) is 14.5. The maximum absolute atomic E-state index is 11.0. The highest BCUT2D eigenvalue weighted by atomic mass is 16.7. The first-order valence-electron chi connectivity index (χ1n) is 8.54. The Balaban J connectivity index is 2.35. The summed E-state index contributed by atoms with van der Waals surface area (Å²) in [6.45, 7) is 3.35. The van der Waals surface area contributed by atoms with Gasteiger partial charge in [0.15, 0.2) is 0 Å². The Morgan fingerprint density at radius 2 is 1.84 bits per heavy atom. The minimum atomic E-state index is -2.12. The lowest BCUT2D eigenvalue weighted by molar-refractivity contribution is -0.333. The van der Waals surface area contributed by atoms with E-state index in [9.17, 15) is 20.4 Å². The Labute approximate surface area is 148 Å². The smallest absolute Gasteiger partial charge is 0.205 e. The molecule has 1 aromatic rings. The van der Waals surface area contributed by atoms with Crippen molar-refractivity contribution in [1.82, 2.24) is 0 Å². The third kappa shape index (κ3) is 4.39. The summed E-state index contributed by atoms with van der Waals surface area (Å²) >= 11 is 0. The molecule has 1 aliphatic rings. The van der Waals surface area contributed by atoms with Crippen LogP contribution in [0.25, 0.3) is 0 Å². The van der Waals surface area contributed by atoms with Gasteiger partial charge in [-0.3, -0.25) is 0 Å². The molecule has 0 amide bonds. The summed E-state index contributed by atoms with van der Waals surface area (Å²) in [6.07, 6.45) is -4.33. The summed E-state index contributed by atoms with van der Waals surface area (Å²) in [4.78, 5) is 0. The molecule has 0 saturated carbocycles. The van der Waals surface area contributed by atoms with E-state index in [4.69, 9.17) is 9.47 Å². The number of hydrogen-bond acceptors (Lipinski definition) is 6. The van der Waals surface area contributed by atoms with Gasteiger partial charge < -0.3 is 29.9 Å². The largest absolute Gasteiger partial charge is 0.394 e. The van der Waals surface area contributed by atoms with E-state index in [2.05, 4.69) is 11.8 Å². The maximum Gasteiger partial charge on any atom is 0.205 e. The van der Waals surface area contributed by atoms with E-state index < -0.39 is 36.8 Å². The Kier molecular flexibility index (Phi) is 6.96. The van der Waals surface area contributed by atoms with Crippen LogP contribution in [0.4, 0.5) is 0 Å². The van der Waals surface area contributed by atoms with Crippen molar-refractivity contribution in [2.24, 2.45) is 0 Å². The standard InChI is InChI=1S/C19H26O6/c1-3-14(4-2)24-18-19(23,11-10-13-8-6-5-7-9-13)17(22)16(21)15(12-20)25-18/h5-9,14-18,20-23H,3-4,12H2,1-2H3/t15-,16-,17+,18+,19+/m1/s1. The topological polar surface area (TPSA) is 99.4 Å². The van der Waals surface area contributed by atoms with Crippen LogP contribution < -0.4 is 0 Å². The Bertz CT molecular complexity index is 589.